The van der Waals surface area contributed by atoms with Crippen LogP contribution in [-0.2, 0) is 6.42 Å². The molecule has 0 saturated carbocycles. The number of likely N-dealkylation sites (tertiary alicyclic amines) is 1. The Morgan fingerprint density at radius 2 is 2.09 bits per heavy atom. The van der Waals surface area contributed by atoms with E-state index in [0.29, 0.717) is 12.0 Å². The second-order valence-corrected chi connectivity index (χ2v) is 8.97. The number of amides is 1. The molecule has 1 atom stereocenters. The second-order valence-electron chi connectivity index (χ2n) is 8.97. The van der Waals surface area contributed by atoms with Gasteiger partial charge in [-0.2, -0.15) is 5.10 Å². The topological polar surface area (TPSA) is 73.9 Å². The Morgan fingerprint density at radius 1 is 1.21 bits per heavy atom. The van der Waals surface area contributed by atoms with E-state index in [1.807, 2.05) is 49.4 Å². The quantitative estimate of drug-likeness (QED) is 0.447. The summed E-state index contributed by atoms with van der Waals surface area (Å²) in [5.41, 5.74) is 4.94. The van der Waals surface area contributed by atoms with Crippen molar-refractivity contribution in [3.63, 3.8) is 0 Å². The number of carbonyl (C=O) groups excluding carboxylic acids is 1. The van der Waals surface area contributed by atoms with Crippen molar-refractivity contribution in [1.29, 1.82) is 0 Å². The Hall–Kier alpha value is -3.58. The van der Waals surface area contributed by atoms with Crippen LogP contribution in [0.15, 0.2) is 60.8 Å². The first-order valence-electron chi connectivity index (χ1n) is 11.7. The van der Waals surface area contributed by atoms with Crippen LogP contribution >= 0.6 is 0 Å². The van der Waals surface area contributed by atoms with Gasteiger partial charge in [-0.05, 0) is 74.7 Å². The fourth-order valence-electron chi connectivity index (χ4n) is 4.69. The molecule has 0 aliphatic carbocycles. The lowest BCUT2D eigenvalue weighted by atomic mass is 10.0. The van der Waals surface area contributed by atoms with Gasteiger partial charge in [-0.1, -0.05) is 18.2 Å². The summed E-state index contributed by atoms with van der Waals surface area (Å²) in [4.78, 5) is 19.7. The number of fused-ring (bicyclic) bond motifs is 1. The Morgan fingerprint density at radius 3 is 2.94 bits per heavy atom. The lowest BCUT2D eigenvalue weighted by molar-refractivity contribution is 0.0904. The summed E-state index contributed by atoms with van der Waals surface area (Å²) in [7, 11) is 0. The summed E-state index contributed by atoms with van der Waals surface area (Å²) in [5.74, 6) is -0.235. The Balaban J connectivity index is 1.26. The molecule has 5 rings (SSSR count). The summed E-state index contributed by atoms with van der Waals surface area (Å²) in [6, 6.07) is 16.5. The van der Waals surface area contributed by atoms with Crippen molar-refractivity contribution in [2.45, 2.75) is 32.2 Å². The summed E-state index contributed by atoms with van der Waals surface area (Å²) >= 11 is 0. The second kappa shape index (κ2) is 9.73. The van der Waals surface area contributed by atoms with Crippen molar-refractivity contribution in [3.8, 4) is 11.3 Å². The minimum atomic E-state index is -0.153. The van der Waals surface area contributed by atoms with E-state index >= 15 is 0 Å². The first kappa shape index (κ1) is 22.2. The molecule has 1 amide bonds. The van der Waals surface area contributed by atoms with E-state index in [1.54, 1.807) is 12.3 Å². The number of aromatic nitrogens is 3. The standard InChI is InChI=1S/C27H28FN5O/c1-18-15-20(10-12-29-18)26-23-16-21(8-9-25(23)31-32-26)27(34)30-22-6-4-13-33(17-22)14-11-19-5-2-3-7-24(19)28/h2-3,5,7-10,12,15-16,22H,4,6,11,13-14,17H2,1H3,(H,30,34)(H,31,32). The van der Waals surface area contributed by atoms with Crippen molar-refractivity contribution in [2.24, 2.45) is 0 Å². The fourth-order valence-corrected chi connectivity index (χ4v) is 4.69. The highest BCUT2D eigenvalue weighted by molar-refractivity contribution is 6.01. The Bertz CT molecular complexity index is 1320. The smallest absolute Gasteiger partial charge is 0.251 e. The molecule has 1 fully saturated rings. The molecule has 1 unspecified atom stereocenters. The van der Waals surface area contributed by atoms with Gasteiger partial charge in [0.2, 0.25) is 0 Å². The first-order chi connectivity index (χ1) is 16.6. The van der Waals surface area contributed by atoms with Gasteiger partial charge in [0.05, 0.1) is 5.52 Å². The highest BCUT2D eigenvalue weighted by atomic mass is 19.1. The molecular weight excluding hydrogens is 429 g/mol. The zero-order valence-electron chi connectivity index (χ0n) is 19.2. The fraction of sp³-hybridized carbons (Fsp3) is 0.296. The van der Waals surface area contributed by atoms with Gasteiger partial charge in [-0.3, -0.25) is 14.9 Å². The van der Waals surface area contributed by atoms with E-state index in [-0.39, 0.29) is 17.8 Å². The van der Waals surface area contributed by atoms with Crippen LogP contribution in [0.3, 0.4) is 0 Å². The molecule has 2 aromatic heterocycles. The molecule has 1 aliphatic heterocycles. The van der Waals surface area contributed by atoms with Crippen LogP contribution in [0.1, 0.15) is 34.5 Å². The molecule has 3 heterocycles. The molecule has 0 bridgehead atoms. The van der Waals surface area contributed by atoms with E-state index in [0.717, 1.165) is 65.9 Å². The predicted molar refractivity (Wildman–Crippen MR) is 131 cm³/mol. The van der Waals surface area contributed by atoms with Gasteiger partial charge in [-0.25, -0.2) is 4.39 Å². The normalized spacial score (nSPS) is 16.6. The number of nitrogens with zero attached hydrogens (tertiary/aromatic N) is 3. The number of carbonyl (C=O) groups is 1. The number of piperidine rings is 1. The summed E-state index contributed by atoms with van der Waals surface area (Å²) in [5, 5.41) is 11.6. The van der Waals surface area contributed by atoms with E-state index in [1.165, 1.54) is 6.07 Å². The molecule has 0 spiro atoms. The molecule has 0 radical (unpaired) electrons. The third-order valence-corrected chi connectivity index (χ3v) is 6.49. The Labute approximate surface area is 198 Å². The molecule has 6 nitrogen and oxygen atoms in total. The zero-order valence-corrected chi connectivity index (χ0v) is 19.2. The molecular formula is C27H28FN5O. The highest BCUT2D eigenvalue weighted by Gasteiger charge is 2.22. The third kappa shape index (κ3) is 4.84. The van der Waals surface area contributed by atoms with Crippen molar-refractivity contribution < 1.29 is 9.18 Å². The van der Waals surface area contributed by atoms with Crippen LogP contribution in [0, 0.1) is 12.7 Å². The number of aryl methyl sites for hydroxylation is 1. The monoisotopic (exact) mass is 457 g/mol. The molecule has 174 valence electrons. The lowest BCUT2D eigenvalue weighted by Gasteiger charge is -2.33. The van der Waals surface area contributed by atoms with Crippen molar-refractivity contribution in [1.82, 2.24) is 25.4 Å². The number of H-pyrrole nitrogens is 1. The van der Waals surface area contributed by atoms with Gasteiger partial charge in [0.1, 0.15) is 11.5 Å². The number of halogens is 1. The number of benzene rings is 2. The maximum absolute atomic E-state index is 13.9. The van der Waals surface area contributed by atoms with Crippen LogP contribution in [0.4, 0.5) is 4.39 Å². The molecule has 2 aromatic carbocycles. The first-order valence-corrected chi connectivity index (χ1v) is 11.7. The third-order valence-electron chi connectivity index (χ3n) is 6.49. The number of pyridine rings is 1. The molecule has 4 aromatic rings. The van der Waals surface area contributed by atoms with Crippen LogP contribution < -0.4 is 5.32 Å². The van der Waals surface area contributed by atoms with Gasteiger partial charge in [-0.15, -0.1) is 0 Å². The Kier molecular flexibility index (Phi) is 6.36. The van der Waals surface area contributed by atoms with E-state index in [4.69, 9.17) is 0 Å². The summed E-state index contributed by atoms with van der Waals surface area (Å²) in [6.45, 7) is 4.47. The number of rotatable bonds is 6. The average Bonchev–Trinajstić information content (AvgIpc) is 3.27. The van der Waals surface area contributed by atoms with Crippen molar-refractivity contribution in [3.05, 3.63) is 83.4 Å². The van der Waals surface area contributed by atoms with Crippen LogP contribution in [-0.4, -0.2) is 51.7 Å². The largest absolute Gasteiger partial charge is 0.348 e. The number of nitrogens with one attached hydrogen (secondary N) is 2. The number of hydrogen-bond acceptors (Lipinski definition) is 4. The maximum Gasteiger partial charge on any atom is 0.251 e. The van der Waals surface area contributed by atoms with Gasteiger partial charge in [0, 0.05) is 47.5 Å². The molecule has 1 saturated heterocycles. The van der Waals surface area contributed by atoms with Gasteiger partial charge >= 0.3 is 0 Å². The maximum atomic E-state index is 13.9. The average molecular weight is 458 g/mol. The van der Waals surface area contributed by atoms with Crippen LogP contribution in [0.5, 0.6) is 0 Å². The zero-order chi connectivity index (χ0) is 23.5. The number of hydrogen-bond donors (Lipinski definition) is 2. The number of aromatic amines is 1. The van der Waals surface area contributed by atoms with Crippen molar-refractivity contribution >= 4 is 16.8 Å². The highest BCUT2D eigenvalue weighted by Crippen LogP contribution is 2.27. The van der Waals surface area contributed by atoms with E-state index < -0.39 is 0 Å². The van der Waals surface area contributed by atoms with Crippen LogP contribution in [0.2, 0.25) is 0 Å². The minimum Gasteiger partial charge on any atom is -0.348 e. The van der Waals surface area contributed by atoms with Gasteiger partial charge in [0.25, 0.3) is 5.91 Å². The lowest BCUT2D eigenvalue weighted by Crippen LogP contribution is -2.48. The SMILES string of the molecule is Cc1cc(-c2n[nH]c3ccc(C(=O)NC4CCCN(CCc5ccccc5F)C4)cc23)ccn1. The van der Waals surface area contributed by atoms with E-state index in [9.17, 15) is 9.18 Å². The summed E-state index contributed by atoms with van der Waals surface area (Å²) < 4.78 is 13.9. The van der Waals surface area contributed by atoms with E-state index in [2.05, 4.69) is 25.4 Å². The predicted octanol–water partition coefficient (Wildman–Crippen LogP) is 4.51. The van der Waals surface area contributed by atoms with Gasteiger partial charge < -0.3 is 10.2 Å². The minimum absolute atomic E-state index is 0.0734. The molecule has 7 heteroatoms. The summed E-state index contributed by atoms with van der Waals surface area (Å²) in [6.07, 6.45) is 4.39. The van der Waals surface area contributed by atoms with Crippen molar-refractivity contribution in [2.75, 3.05) is 19.6 Å². The molecule has 34 heavy (non-hydrogen) atoms. The van der Waals surface area contributed by atoms with Gasteiger partial charge in [0.15, 0.2) is 0 Å². The molecule has 1 aliphatic rings. The molecule has 2 N–H and O–H groups in total. The van der Waals surface area contributed by atoms with Crippen LogP contribution in [0.25, 0.3) is 22.2 Å².